The number of benzene rings is 1. The molecule has 2 saturated heterocycles. The van der Waals surface area contributed by atoms with Gasteiger partial charge in [-0.3, -0.25) is 9.59 Å². The summed E-state index contributed by atoms with van der Waals surface area (Å²) in [7, 11) is 2.14. The predicted molar refractivity (Wildman–Crippen MR) is 178 cm³/mol. The molecule has 2 aliphatic heterocycles. The summed E-state index contributed by atoms with van der Waals surface area (Å²) in [4.78, 5) is 54.9. The molecule has 1 saturated carbocycles. The number of aromatic nitrogens is 2. The molecule has 11 heteroatoms. The number of piperazine rings is 1. The van der Waals surface area contributed by atoms with E-state index in [1.165, 1.54) is 4.90 Å². The summed E-state index contributed by atoms with van der Waals surface area (Å²) in [6.07, 6.45) is 6.07. The average molecular weight is 628 g/mol. The molecule has 2 aromatic heterocycles. The number of pyridine rings is 2. The number of carboxylic acid groups (broad SMARTS) is 1. The number of rotatable bonds is 10. The van der Waals surface area contributed by atoms with Crippen molar-refractivity contribution in [2.45, 2.75) is 38.5 Å². The van der Waals surface area contributed by atoms with E-state index in [4.69, 9.17) is 9.97 Å². The van der Waals surface area contributed by atoms with Gasteiger partial charge in [-0.25, -0.2) is 14.8 Å². The summed E-state index contributed by atoms with van der Waals surface area (Å²) in [6.45, 7) is 6.56. The lowest BCUT2D eigenvalue weighted by Gasteiger charge is -2.33. The number of likely N-dealkylation sites (N-methyl/N-ethyl adjacent to an activating group) is 1. The molecule has 6 rings (SSSR count). The maximum Gasteiger partial charge on any atom is 0.407 e. The SMILES string of the molecule is CN1CCN(c2ccc(-c3cc(C(=O)NC[C@H]4CC[C@H](CN(CCN5CCCC5=O)C(=O)O)CC4)c4ccccc4n3)cn2)CC1. The minimum Gasteiger partial charge on any atom is -0.465 e. The van der Waals surface area contributed by atoms with Gasteiger partial charge in [0.2, 0.25) is 5.91 Å². The van der Waals surface area contributed by atoms with Crippen LogP contribution in [-0.4, -0.2) is 114 Å². The van der Waals surface area contributed by atoms with Gasteiger partial charge in [0.25, 0.3) is 5.91 Å². The number of hydrogen-bond donors (Lipinski definition) is 2. The Labute approximate surface area is 270 Å². The second kappa shape index (κ2) is 14.5. The van der Waals surface area contributed by atoms with Gasteiger partial charge in [0.15, 0.2) is 0 Å². The van der Waals surface area contributed by atoms with Crippen molar-refractivity contribution < 1.29 is 19.5 Å². The van der Waals surface area contributed by atoms with Gasteiger partial charge in [-0.15, -0.1) is 0 Å². The monoisotopic (exact) mass is 627 g/mol. The Balaban J connectivity index is 1.04. The minimum absolute atomic E-state index is 0.113. The van der Waals surface area contributed by atoms with Crippen LogP contribution in [0.25, 0.3) is 22.2 Å². The lowest BCUT2D eigenvalue weighted by Crippen LogP contribution is -2.44. The number of hydrogen-bond acceptors (Lipinski definition) is 7. The Bertz CT molecular complexity index is 1530. The summed E-state index contributed by atoms with van der Waals surface area (Å²) in [5.41, 5.74) is 2.97. The fourth-order valence-corrected chi connectivity index (χ4v) is 6.98. The standard InChI is InChI=1S/C35H45N7O4/c1-39-15-17-40(18-16-39)32-13-12-27(23-36-32)31-21-29(28-5-2-3-6-30(28)38-31)34(44)37-22-25-8-10-26(11-9-25)24-42(35(45)46)20-19-41-14-4-7-33(41)43/h2-3,5-6,12-13,21,23,25-26H,4,7-11,14-20,22,24H2,1H3,(H,37,44)(H,45,46)/t25-,26-. The van der Waals surface area contributed by atoms with E-state index in [9.17, 15) is 19.5 Å². The summed E-state index contributed by atoms with van der Waals surface area (Å²) in [6, 6.07) is 13.7. The number of carbonyl (C=O) groups is 3. The number of fused-ring (bicyclic) bond motifs is 1. The number of amides is 3. The summed E-state index contributed by atoms with van der Waals surface area (Å²) in [5.74, 6) is 1.60. The number of carbonyl (C=O) groups excluding carboxylic acids is 2. The van der Waals surface area contributed by atoms with Crippen molar-refractivity contribution in [3.63, 3.8) is 0 Å². The fraction of sp³-hybridized carbons (Fsp3) is 0.514. The van der Waals surface area contributed by atoms with Crippen molar-refractivity contribution in [2.75, 3.05) is 70.9 Å². The molecule has 0 atom stereocenters. The van der Waals surface area contributed by atoms with Crippen molar-refractivity contribution in [2.24, 2.45) is 11.8 Å². The summed E-state index contributed by atoms with van der Waals surface area (Å²) < 4.78 is 0. The number of anilines is 1. The van der Waals surface area contributed by atoms with Crippen LogP contribution in [0.4, 0.5) is 10.6 Å². The van der Waals surface area contributed by atoms with E-state index in [-0.39, 0.29) is 11.8 Å². The van der Waals surface area contributed by atoms with Crippen molar-refractivity contribution >= 4 is 34.6 Å². The molecule has 244 valence electrons. The van der Waals surface area contributed by atoms with Crippen molar-refractivity contribution in [1.82, 2.24) is 30.0 Å². The second-order valence-corrected chi connectivity index (χ2v) is 13.1. The predicted octanol–water partition coefficient (Wildman–Crippen LogP) is 4.19. The quantitative estimate of drug-likeness (QED) is 0.343. The highest BCUT2D eigenvalue weighted by Crippen LogP contribution is 2.30. The highest BCUT2D eigenvalue weighted by atomic mass is 16.4. The first-order valence-electron chi connectivity index (χ1n) is 16.7. The third-order valence-corrected chi connectivity index (χ3v) is 9.91. The first-order chi connectivity index (χ1) is 22.3. The molecular formula is C35H45N7O4. The van der Waals surface area contributed by atoms with Gasteiger partial charge < -0.3 is 30.0 Å². The van der Waals surface area contributed by atoms with Gasteiger partial charge in [-0.2, -0.15) is 0 Å². The maximum atomic E-state index is 13.6. The first-order valence-corrected chi connectivity index (χ1v) is 16.7. The van der Waals surface area contributed by atoms with Crippen LogP contribution < -0.4 is 10.2 Å². The van der Waals surface area contributed by atoms with Gasteiger partial charge in [0.05, 0.1) is 16.8 Å². The van der Waals surface area contributed by atoms with Crippen molar-refractivity contribution in [3.05, 3.63) is 54.2 Å². The molecular weight excluding hydrogens is 582 g/mol. The molecule has 3 aromatic rings. The van der Waals surface area contributed by atoms with Crippen LogP contribution in [0, 0.1) is 11.8 Å². The van der Waals surface area contributed by atoms with Crippen LogP contribution in [0.3, 0.4) is 0 Å². The lowest BCUT2D eigenvalue weighted by molar-refractivity contribution is -0.127. The van der Waals surface area contributed by atoms with E-state index in [0.29, 0.717) is 50.0 Å². The Morgan fingerprint density at radius 3 is 2.46 bits per heavy atom. The third-order valence-electron chi connectivity index (χ3n) is 9.91. The molecule has 1 aromatic carbocycles. The number of para-hydroxylation sites is 1. The fourth-order valence-electron chi connectivity index (χ4n) is 6.98. The molecule has 2 N–H and O–H groups in total. The van der Waals surface area contributed by atoms with E-state index >= 15 is 0 Å². The Kier molecular flexibility index (Phi) is 9.97. The highest BCUT2D eigenvalue weighted by Gasteiger charge is 2.27. The van der Waals surface area contributed by atoms with Crippen LogP contribution in [-0.2, 0) is 4.79 Å². The molecule has 1 aliphatic carbocycles. The van der Waals surface area contributed by atoms with Gasteiger partial charge in [0, 0.05) is 82.5 Å². The molecule has 0 radical (unpaired) electrons. The summed E-state index contributed by atoms with van der Waals surface area (Å²) >= 11 is 0. The molecule has 0 spiro atoms. The topological polar surface area (TPSA) is 122 Å². The number of nitrogens with zero attached hydrogens (tertiary/aromatic N) is 6. The van der Waals surface area contributed by atoms with Crippen LogP contribution in [0.5, 0.6) is 0 Å². The molecule has 0 unspecified atom stereocenters. The van der Waals surface area contributed by atoms with Crippen molar-refractivity contribution in [3.8, 4) is 11.3 Å². The Morgan fingerprint density at radius 2 is 1.76 bits per heavy atom. The number of nitrogens with one attached hydrogen (secondary N) is 1. The van der Waals surface area contributed by atoms with Gasteiger partial charge in [-0.1, -0.05) is 18.2 Å². The van der Waals surface area contributed by atoms with Crippen LogP contribution in [0.2, 0.25) is 0 Å². The van der Waals surface area contributed by atoms with Gasteiger partial charge in [0.1, 0.15) is 5.82 Å². The molecule has 11 nitrogen and oxygen atoms in total. The minimum atomic E-state index is -0.924. The van der Waals surface area contributed by atoms with E-state index in [2.05, 4.69) is 22.2 Å². The van der Waals surface area contributed by atoms with Crippen molar-refractivity contribution in [1.29, 1.82) is 0 Å². The Hall–Kier alpha value is -4.25. The largest absolute Gasteiger partial charge is 0.465 e. The van der Waals surface area contributed by atoms with E-state index in [0.717, 1.165) is 92.8 Å². The molecule has 3 aliphatic rings. The third kappa shape index (κ3) is 7.58. The van der Waals surface area contributed by atoms with Crippen LogP contribution in [0.1, 0.15) is 48.9 Å². The van der Waals surface area contributed by atoms with Crippen LogP contribution >= 0.6 is 0 Å². The van der Waals surface area contributed by atoms with Gasteiger partial charge in [-0.05, 0) is 75.3 Å². The lowest BCUT2D eigenvalue weighted by atomic mass is 9.81. The zero-order valence-corrected chi connectivity index (χ0v) is 26.7. The smallest absolute Gasteiger partial charge is 0.407 e. The second-order valence-electron chi connectivity index (χ2n) is 13.1. The molecule has 4 heterocycles. The summed E-state index contributed by atoms with van der Waals surface area (Å²) in [5, 5.41) is 13.8. The zero-order valence-electron chi connectivity index (χ0n) is 26.7. The van der Waals surface area contributed by atoms with Gasteiger partial charge >= 0.3 is 6.09 Å². The highest BCUT2D eigenvalue weighted by molar-refractivity contribution is 6.07. The number of likely N-dealkylation sites (tertiary alicyclic amines) is 1. The van der Waals surface area contributed by atoms with E-state index < -0.39 is 6.09 Å². The zero-order chi connectivity index (χ0) is 32.0. The maximum absolute atomic E-state index is 13.6. The molecule has 0 bridgehead atoms. The normalized spacial score (nSPS) is 20.7. The average Bonchev–Trinajstić information content (AvgIpc) is 3.50. The first kappa shape index (κ1) is 31.7. The molecule has 46 heavy (non-hydrogen) atoms. The van der Waals surface area contributed by atoms with Crippen LogP contribution in [0.15, 0.2) is 48.7 Å². The molecule has 3 fully saturated rings. The molecule has 3 amide bonds. The van der Waals surface area contributed by atoms with E-state index in [1.807, 2.05) is 48.7 Å². The van der Waals surface area contributed by atoms with E-state index in [1.54, 1.807) is 4.90 Å². The Morgan fingerprint density at radius 1 is 1.00 bits per heavy atom.